The van der Waals surface area contributed by atoms with Gasteiger partial charge in [0.25, 0.3) is 0 Å². The van der Waals surface area contributed by atoms with Gasteiger partial charge in [0, 0.05) is 6.54 Å². The van der Waals surface area contributed by atoms with Crippen molar-refractivity contribution in [1.82, 2.24) is 5.32 Å². The Labute approximate surface area is 168 Å². The molecule has 0 rings (SSSR count). The zero-order chi connectivity index (χ0) is 20.2. The SMILES string of the molecule is CC(O)CCCCCCCCCCCCCCCCCCNC(=O)C(C)O. The minimum absolute atomic E-state index is 0.124. The monoisotopic (exact) mass is 385 g/mol. The third kappa shape index (κ3) is 21.5. The van der Waals surface area contributed by atoms with E-state index in [-0.39, 0.29) is 12.0 Å². The lowest BCUT2D eigenvalue weighted by Gasteiger charge is -2.07. The Hall–Kier alpha value is -0.610. The average molecular weight is 386 g/mol. The number of carbonyl (C=O) groups excluding carboxylic acids is 1. The van der Waals surface area contributed by atoms with Crippen LogP contribution in [0.4, 0.5) is 0 Å². The van der Waals surface area contributed by atoms with E-state index < -0.39 is 6.10 Å². The molecule has 0 bridgehead atoms. The van der Waals surface area contributed by atoms with Gasteiger partial charge in [-0.05, 0) is 26.7 Å². The Kier molecular flexibility index (Phi) is 19.7. The average Bonchev–Trinajstić information content (AvgIpc) is 2.63. The van der Waals surface area contributed by atoms with Crippen molar-refractivity contribution >= 4 is 5.91 Å². The minimum Gasteiger partial charge on any atom is -0.393 e. The molecule has 0 aromatic carbocycles. The second-order valence-electron chi connectivity index (χ2n) is 8.26. The van der Waals surface area contributed by atoms with Crippen LogP contribution in [0.2, 0.25) is 0 Å². The van der Waals surface area contributed by atoms with Crippen molar-refractivity contribution in [2.45, 2.75) is 135 Å². The summed E-state index contributed by atoms with van der Waals surface area (Å²) in [6.07, 6.45) is 20.9. The summed E-state index contributed by atoms with van der Waals surface area (Å²) in [6, 6.07) is 0. The van der Waals surface area contributed by atoms with E-state index in [4.69, 9.17) is 5.11 Å². The maximum absolute atomic E-state index is 11.2. The van der Waals surface area contributed by atoms with Gasteiger partial charge in [-0.2, -0.15) is 0 Å². The van der Waals surface area contributed by atoms with Crippen LogP contribution >= 0.6 is 0 Å². The van der Waals surface area contributed by atoms with E-state index in [1.807, 2.05) is 6.92 Å². The highest BCUT2D eigenvalue weighted by atomic mass is 16.3. The van der Waals surface area contributed by atoms with Crippen molar-refractivity contribution in [2.24, 2.45) is 0 Å². The van der Waals surface area contributed by atoms with Crippen molar-refractivity contribution in [3.05, 3.63) is 0 Å². The van der Waals surface area contributed by atoms with Crippen LogP contribution in [0.5, 0.6) is 0 Å². The molecular formula is C23H47NO3. The molecule has 4 heteroatoms. The number of hydrogen-bond donors (Lipinski definition) is 3. The van der Waals surface area contributed by atoms with Gasteiger partial charge in [-0.1, -0.05) is 96.3 Å². The molecule has 0 aliphatic rings. The minimum atomic E-state index is -0.892. The molecule has 2 atom stereocenters. The highest BCUT2D eigenvalue weighted by Gasteiger charge is 2.06. The number of rotatable bonds is 20. The molecule has 0 heterocycles. The van der Waals surface area contributed by atoms with Crippen molar-refractivity contribution in [1.29, 1.82) is 0 Å². The fraction of sp³-hybridized carbons (Fsp3) is 0.957. The molecule has 0 spiro atoms. The molecule has 3 N–H and O–H groups in total. The van der Waals surface area contributed by atoms with Crippen LogP contribution in [0.25, 0.3) is 0 Å². The lowest BCUT2D eigenvalue weighted by atomic mass is 10.0. The first-order chi connectivity index (χ1) is 13.0. The number of unbranched alkanes of at least 4 members (excludes halogenated alkanes) is 15. The van der Waals surface area contributed by atoms with E-state index in [1.165, 1.54) is 103 Å². The molecule has 0 aromatic heterocycles. The highest BCUT2D eigenvalue weighted by molar-refractivity contribution is 5.79. The molecule has 27 heavy (non-hydrogen) atoms. The normalized spacial score (nSPS) is 13.5. The Balaban J connectivity index is 3.06. The summed E-state index contributed by atoms with van der Waals surface area (Å²) in [5.74, 6) is -0.261. The maximum atomic E-state index is 11.2. The third-order valence-electron chi connectivity index (χ3n) is 5.23. The molecule has 162 valence electrons. The third-order valence-corrected chi connectivity index (χ3v) is 5.23. The predicted octanol–water partition coefficient (Wildman–Crippen LogP) is 5.50. The Morgan fingerprint density at radius 2 is 0.963 bits per heavy atom. The van der Waals surface area contributed by atoms with Gasteiger partial charge < -0.3 is 15.5 Å². The summed E-state index contributed by atoms with van der Waals surface area (Å²) < 4.78 is 0. The molecule has 1 amide bonds. The number of aliphatic hydroxyl groups is 2. The molecule has 0 radical (unpaired) electrons. The fourth-order valence-electron chi connectivity index (χ4n) is 3.40. The van der Waals surface area contributed by atoms with E-state index in [0.717, 1.165) is 12.8 Å². The largest absolute Gasteiger partial charge is 0.393 e. The van der Waals surface area contributed by atoms with E-state index in [9.17, 15) is 9.90 Å². The molecule has 0 aromatic rings. The van der Waals surface area contributed by atoms with Crippen molar-refractivity contribution < 1.29 is 15.0 Å². The standard InChI is InChI=1S/C23H47NO3/c1-21(25)19-17-15-13-11-9-7-5-3-4-6-8-10-12-14-16-18-20-24-23(27)22(2)26/h21-22,25-26H,3-20H2,1-2H3,(H,24,27). The zero-order valence-corrected chi connectivity index (χ0v) is 18.2. The lowest BCUT2D eigenvalue weighted by Crippen LogP contribution is -2.33. The topological polar surface area (TPSA) is 69.6 Å². The Bertz CT molecular complexity index is 319. The molecule has 0 aliphatic heterocycles. The van der Waals surface area contributed by atoms with Gasteiger partial charge in [-0.15, -0.1) is 0 Å². The molecule has 0 saturated carbocycles. The molecule has 0 saturated heterocycles. The summed E-state index contributed by atoms with van der Waals surface area (Å²) in [6.45, 7) is 4.06. The number of nitrogens with one attached hydrogen (secondary N) is 1. The highest BCUT2D eigenvalue weighted by Crippen LogP contribution is 2.14. The van der Waals surface area contributed by atoms with Gasteiger partial charge in [0.05, 0.1) is 6.10 Å². The number of aliphatic hydroxyl groups excluding tert-OH is 2. The summed E-state index contributed by atoms with van der Waals surface area (Å²) in [5.41, 5.74) is 0. The molecule has 2 unspecified atom stereocenters. The van der Waals surface area contributed by atoms with Crippen molar-refractivity contribution in [2.75, 3.05) is 6.54 Å². The number of carbonyl (C=O) groups is 1. The first kappa shape index (κ1) is 26.4. The molecule has 0 aliphatic carbocycles. The molecular weight excluding hydrogens is 338 g/mol. The van der Waals surface area contributed by atoms with E-state index in [0.29, 0.717) is 6.54 Å². The second kappa shape index (κ2) is 20.1. The van der Waals surface area contributed by atoms with Crippen LogP contribution in [0.1, 0.15) is 123 Å². The van der Waals surface area contributed by atoms with Gasteiger partial charge in [-0.3, -0.25) is 4.79 Å². The molecule has 4 nitrogen and oxygen atoms in total. The quantitative estimate of drug-likeness (QED) is 0.242. The van der Waals surface area contributed by atoms with Gasteiger partial charge in [0.1, 0.15) is 6.10 Å². The Morgan fingerprint density at radius 1 is 0.630 bits per heavy atom. The van der Waals surface area contributed by atoms with Crippen LogP contribution in [-0.2, 0) is 4.79 Å². The van der Waals surface area contributed by atoms with Gasteiger partial charge in [0.15, 0.2) is 0 Å². The Morgan fingerprint density at radius 3 is 1.30 bits per heavy atom. The van der Waals surface area contributed by atoms with E-state index >= 15 is 0 Å². The lowest BCUT2D eigenvalue weighted by molar-refractivity contribution is -0.128. The van der Waals surface area contributed by atoms with E-state index in [1.54, 1.807) is 0 Å². The van der Waals surface area contributed by atoms with Gasteiger partial charge in [-0.25, -0.2) is 0 Å². The van der Waals surface area contributed by atoms with Crippen molar-refractivity contribution in [3.8, 4) is 0 Å². The maximum Gasteiger partial charge on any atom is 0.248 e. The van der Waals surface area contributed by atoms with Crippen LogP contribution in [0.3, 0.4) is 0 Å². The zero-order valence-electron chi connectivity index (χ0n) is 18.2. The number of hydrogen-bond acceptors (Lipinski definition) is 3. The van der Waals surface area contributed by atoms with Crippen LogP contribution in [0.15, 0.2) is 0 Å². The smallest absolute Gasteiger partial charge is 0.248 e. The summed E-state index contributed by atoms with van der Waals surface area (Å²) in [7, 11) is 0. The van der Waals surface area contributed by atoms with Crippen LogP contribution in [-0.4, -0.2) is 34.9 Å². The first-order valence-electron chi connectivity index (χ1n) is 11.7. The first-order valence-corrected chi connectivity index (χ1v) is 11.7. The summed E-state index contributed by atoms with van der Waals surface area (Å²) in [4.78, 5) is 11.2. The summed E-state index contributed by atoms with van der Waals surface area (Å²) in [5, 5.41) is 21.0. The van der Waals surface area contributed by atoms with Gasteiger partial charge >= 0.3 is 0 Å². The van der Waals surface area contributed by atoms with Crippen molar-refractivity contribution in [3.63, 3.8) is 0 Å². The fourth-order valence-corrected chi connectivity index (χ4v) is 3.40. The molecule has 0 fully saturated rings. The predicted molar refractivity (Wildman–Crippen MR) is 115 cm³/mol. The van der Waals surface area contributed by atoms with E-state index in [2.05, 4.69) is 5.32 Å². The second-order valence-corrected chi connectivity index (χ2v) is 8.26. The summed E-state index contributed by atoms with van der Waals surface area (Å²) >= 11 is 0. The number of amides is 1. The van der Waals surface area contributed by atoms with Gasteiger partial charge in [0.2, 0.25) is 5.91 Å². The van der Waals surface area contributed by atoms with Crippen LogP contribution in [0, 0.1) is 0 Å². The van der Waals surface area contributed by atoms with Crippen LogP contribution < -0.4 is 5.32 Å².